The Balaban J connectivity index is 1.99. The van der Waals surface area contributed by atoms with Gasteiger partial charge in [0, 0.05) is 19.8 Å². The van der Waals surface area contributed by atoms with E-state index in [9.17, 15) is 0 Å². The number of rotatable bonds is 2. The summed E-state index contributed by atoms with van der Waals surface area (Å²) in [6.45, 7) is 5.63. The molecule has 2 heterocycles. The van der Waals surface area contributed by atoms with Crippen LogP contribution in [0.1, 0.15) is 30.8 Å². The molecule has 0 amide bonds. The molecule has 1 aromatic heterocycles. The zero-order chi connectivity index (χ0) is 9.97. The van der Waals surface area contributed by atoms with Gasteiger partial charge in [-0.2, -0.15) is 0 Å². The topological polar surface area (TPSA) is 21.1 Å². The van der Waals surface area contributed by atoms with Gasteiger partial charge in [0.15, 0.2) is 0 Å². The van der Waals surface area contributed by atoms with Crippen LogP contribution in [0, 0.1) is 6.92 Å². The quantitative estimate of drug-likeness (QED) is 0.713. The van der Waals surface area contributed by atoms with Crippen LogP contribution in [0.25, 0.3) is 0 Å². The fourth-order valence-corrected chi connectivity index (χ4v) is 2.04. The summed E-state index contributed by atoms with van der Waals surface area (Å²) in [4.78, 5) is 6.85. The molecule has 0 aliphatic carbocycles. The Hall–Kier alpha value is -0.830. The van der Waals surface area contributed by atoms with Crippen LogP contribution in [0.3, 0.4) is 0 Å². The summed E-state index contributed by atoms with van der Waals surface area (Å²) in [5, 5.41) is 0. The molecule has 0 N–H and O–H groups in total. The molecule has 0 atom stereocenters. The summed E-state index contributed by atoms with van der Waals surface area (Å²) in [5.74, 6) is 1.11. The van der Waals surface area contributed by atoms with Crippen molar-refractivity contribution in [1.82, 2.24) is 14.5 Å². The fourth-order valence-electron chi connectivity index (χ4n) is 2.04. The Labute approximate surface area is 85.7 Å². The van der Waals surface area contributed by atoms with Gasteiger partial charge in [-0.15, -0.1) is 0 Å². The summed E-state index contributed by atoms with van der Waals surface area (Å²) in [6.07, 6.45) is 6.12. The average Bonchev–Trinajstić information content (AvgIpc) is 2.52. The maximum atomic E-state index is 4.32. The lowest BCUT2D eigenvalue weighted by Gasteiger charge is -2.26. The first-order chi connectivity index (χ1) is 6.77. The molecule has 2 rings (SSSR count). The molecule has 1 fully saturated rings. The Morgan fingerprint density at radius 1 is 1.29 bits per heavy atom. The second kappa shape index (κ2) is 4.13. The van der Waals surface area contributed by atoms with Gasteiger partial charge in [-0.25, -0.2) is 4.98 Å². The van der Waals surface area contributed by atoms with Crippen LogP contribution in [0.4, 0.5) is 0 Å². The minimum Gasteiger partial charge on any atom is -0.334 e. The van der Waals surface area contributed by atoms with Crippen molar-refractivity contribution in [1.29, 1.82) is 0 Å². The molecule has 0 spiro atoms. The van der Waals surface area contributed by atoms with Crippen molar-refractivity contribution in [3.63, 3.8) is 0 Å². The first-order valence-corrected chi connectivity index (χ1v) is 5.47. The van der Waals surface area contributed by atoms with Gasteiger partial charge in [-0.3, -0.25) is 4.90 Å². The van der Waals surface area contributed by atoms with Crippen LogP contribution in [-0.4, -0.2) is 27.5 Å². The van der Waals surface area contributed by atoms with Gasteiger partial charge < -0.3 is 4.57 Å². The number of aryl methyl sites for hydroxylation is 1. The van der Waals surface area contributed by atoms with E-state index in [4.69, 9.17) is 0 Å². The van der Waals surface area contributed by atoms with Crippen molar-refractivity contribution in [3.8, 4) is 0 Å². The summed E-state index contributed by atoms with van der Waals surface area (Å²) < 4.78 is 2.19. The summed E-state index contributed by atoms with van der Waals surface area (Å²) >= 11 is 0. The monoisotopic (exact) mass is 193 g/mol. The van der Waals surface area contributed by atoms with Gasteiger partial charge in [-0.1, -0.05) is 6.42 Å². The second-order valence-corrected chi connectivity index (χ2v) is 4.19. The third kappa shape index (κ3) is 1.98. The minimum absolute atomic E-state index is 1.07. The average molecular weight is 193 g/mol. The second-order valence-electron chi connectivity index (χ2n) is 4.19. The molecule has 0 radical (unpaired) electrons. The number of likely N-dealkylation sites (tertiary alicyclic amines) is 1. The number of aromatic nitrogens is 2. The molecule has 1 aliphatic rings. The highest BCUT2D eigenvalue weighted by Crippen LogP contribution is 2.12. The van der Waals surface area contributed by atoms with Gasteiger partial charge in [-0.05, 0) is 32.9 Å². The lowest BCUT2D eigenvalue weighted by atomic mass is 10.1. The summed E-state index contributed by atoms with van der Waals surface area (Å²) in [5.41, 5.74) is 1.34. The Morgan fingerprint density at radius 3 is 2.57 bits per heavy atom. The van der Waals surface area contributed by atoms with E-state index in [1.807, 2.05) is 6.20 Å². The third-order valence-corrected chi connectivity index (χ3v) is 3.15. The van der Waals surface area contributed by atoms with Crippen molar-refractivity contribution >= 4 is 0 Å². The number of nitrogens with zero attached hydrogens (tertiary/aromatic N) is 3. The normalized spacial score (nSPS) is 18.7. The van der Waals surface area contributed by atoms with E-state index in [2.05, 4.69) is 28.4 Å². The molecule has 0 bridgehead atoms. The SMILES string of the molecule is Cc1ncc(CN2CCCCC2)n1C. The van der Waals surface area contributed by atoms with E-state index in [0.717, 1.165) is 12.4 Å². The minimum atomic E-state index is 1.07. The highest BCUT2D eigenvalue weighted by molar-refractivity contribution is 5.03. The number of hydrogen-bond acceptors (Lipinski definition) is 2. The van der Waals surface area contributed by atoms with Crippen LogP contribution >= 0.6 is 0 Å². The lowest BCUT2D eigenvalue weighted by molar-refractivity contribution is 0.216. The summed E-state index contributed by atoms with van der Waals surface area (Å²) in [6, 6.07) is 0. The predicted molar refractivity (Wildman–Crippen MR) is 57.1 cm³/mol. The number of piperidine rings is 1. The number of imidazole rings is 1. The van der Waals surface area contributed by atoms with Crippen LogP contribution in [-0.2, 0) is 13.6 Å². The van der Waals surface area contributed by atoms with Crippen molar-refractivity contribution in [2.75, 3.05) is 13.1 Å². The van der Waals surface area contributed by atoms with Crippen molar-refractivity contribution in [2.24, 2.45) is 7.05 Å². The zero-order valence-corrected chi connectivity index (χ0v) is 9.16. The van der Waals surface area contributed by atoms with E-state index < -0.39 is 0 Å². The zero-order valence-electron chi connectivity index (χ0n) is 9.16. The molecule has 1 aliphatic heterocycles. The predicted octanol–water partition coefficient (Wildman–Crippen LogP) is 1.71. The Kier molecular flexibility index (Phi) is 2.87. The maximum absolute atomic E-state index is 4.32. The third-order valence-electron chi connectivity index (χ3n) is 3.15. The molecule has 0 saturated carbocycles. The smallest absolute Gasteiger partial charge is 0.105 e. The first-order valence-electron chi connectivity index (χ1n) is 5.47. The molecule has 0 aromatic carbocycles. The van der Waals surface area contributed by atoms with E-state index in [-0.39, 0.29) is 0 Å². The van der Waals surface area contributed by atoms with Gasteiger partial charge in [0.25, 0.3) is 0 Å². The lowest BCUT2D eigenvalue weighted by Crippen LogP contribution is -2.29. The Bertz CT molecular complexity index is 297. The largest absolute Gasteiger partial charge is 0.334 e. The molecule has 1 aromatic rings. The highest BCUT2D eigenvalue weighted by Gasteiger charge is 2.12. The number of hydrogen-bond donors (Lipinski definition) is 0. The molecule has 78 valence electrons. The van der Waals surface area contributed by atoms with Gasteiger partial charge in [0.2, 0.25) is 0 Å². The van der Waals surface area contributed by atoms with Crippen LogP contribution in [0.15, 0.2) is 6.20 Å². The van der Waals surface area contributed by atoms with E-state index >= 15 is 0 Å². The molecular weight excluding hydrogens is 174 g/mol. The molecule has 0 unspecified atom stereocenters. The first kappa shape index (κ1) is 9.71. The van der Waals surface area contributed by atoms with Crippen molar-refractivity contribution in [2.45, 2.75) is 32.7 Å². The molecule has 14 heavy (non-hydrogen) atoms. The van der Waals surface area contributed by atoms with Gasteiger partial charge in [0.1, 0.15) is 5.82 Å². The fraction of sp³-hybridized carbons (Fsp3) is 0.727. The molecule has 3 nitrogen and oxygen atoms in total. The van der Waals surface area contributed by atoms with Crippen LogP contribution in [0.2, 0.25) is 0 Å². The van der Waals surface area contributed by atoms with E-state index in [1.165, 1.54) is 38.0 Å². The molecular formula is C11H19N3. The molecule has 1 saturated heterocycles. The maximum Gasteiger partial charge on any atom is 0.105 e. The van der Waals surface area contributed by atoms with E-state index in [0.29, 0.717) is 0 Å². The Morgan fingerprint density at radius 2 is 2.00 bits per heavy atom. The van der Waals surface area contributed by atoms with Crippen LogP contribution < -0.4 is 0 Å². The van der Waals surface area contributed by atoms with Crippen molar-refractivity contribution in [3.05, 3.63) is 17.7 Å². The molecule has 3 heteroatoms. The van der Waals surface area contributed by atoms with Crippen LogP contribution in [0.5, 0.6) is 0 Å². The van der Waals surface area contributed by atoms with E-state index in [1.54, 1.807) is 0 Å². The highest BCUT2D eigenvalue weighted by atomic mass is 15.2. The van der Waals surface area contributed by atoms with Gasteiger partial charge >= 0.3 is 0 Å². The van der Waals surface area contributed by atoms with Gasteiger partial charge in [0.05, 0.1) is 5.69 Å². The summed E-state index contributed by atoms with van der Waals surface area (Å²) in [7, 11) is 2.10. The standard InChI is InChI=1S/C11H19N3/c1-10-12-8-11(13(10)2)9-14-6-4-3-5-7-14/h8H,3-7,9H2,1-2H3. The van der Waals surface area contributed by atoms with Crippen molar-refractivity contribution < 1.29 is 0 Å².